The second-order valence-electron chi connectivity index (χ2n) is 5.10. The highest BCUT2D eigenvalue weighted by Crippen LogP contribution is 2.18. The zero-order chi connectivity index (χ0) is 16.2. The number of aromatic nitrogens is 1. The van der Waals surface area contributed by atoms with Gasteiger partial charge in [-0.05, 0) is 25.8 Å². The van der Waals surface area contributed by atoms with Crippen molar-refractivity contribution in [2.75, 3.05) is 13.2 Å². The van der Waals surface area contributed by atoms with E-state index in [0.29, 0.717) is 6.61 Å². The number of nitrogens with zero attached hydrogens (tertiary/aromatic N) is 1. The summed E-state index contributed by atoms with van der Waals surface area (Å²) in [4.78, 5) is 15.7. The summed E-state index contributed by atoms with van der Waals surface area (Å²) in [5.74, 6) is -0.529. The maximum absolute atomic E-state index is 12.0. The first-order valence-electron chi connectivity index (χ1n) is 6.93. The van der Waals surface area contributed by atoms with Gasteiger partial charge in [-0.1, -0.05) is 0 Å². The number of carbonyl (C=O) groups is 1. The summed E-state index contributed by atoms with van der Waals surface area (Å²) >= 11 is 0. The first-order valence-corrected chi connectivity index (χ1v) is 6.93. The van der Waals surface area contributed by atoms with E-state index in [4.69, 9.17) is 4.74 Å². The standard InChI is InChI=1S/C14H17F3N2O3/c1-9(11-3-2-6-21-11)19-13(20)10-4-5-12(18-7-10)22-8-14(15,16)17/h4-5,7,9,11H,2-3,6,8H2,1H3,(H,19,20)/t9-,11-/m0/s1. The number of hydrogen-bond donors (Lipinski definition) is 1. The minimum atomic E-state index is -4.42. The van der Waals surface area contributed by atoms with Crippen LogP contribution in [-0.4, -0.2) is 42.4 Å². The molecule has 1 aromatic heterocycles. The Morgan fingerprint density at radius 1 is 1.55 bits per heavy atom. The molecular weight excluding hydrogens is 301 g/mol. The van der Waals surface area contributed by atoms with Gasteiger partial charge in [-0.3, -0.25) is 4.79 Å². The van der Waals surface area contributed by atoms with Crippen molar-refractivity contribution >= 4 is 5.91 Å². The summed E-state index contributed by atoms with van der Waals surface area (Å²) in [6.45, 7) is 1.13. The van der Waals surface area contributed by atoms with E-state index in [1.807, 2.05) is 6.92 Å². The number of pyridine rings is 1. The molecule has 2 heterocycles. The predicted molar refractivity (Wildman–Crippen MR) is 71.7 cm³/mol. The molecular formula is C14H17F3N2O3. The Morgan fingerprint density at radius 2 is 2.32 bits per heavy atom. The molecule has 1 aliphatic heterocycles. The van der Waals surface area contributed by atoms with E-state index in [2.05, 4.69) is 15.0 Å². The van der Waals surface area contributed by atoms with E-state index in [1.54, 1.807) is 0 Å². The Kier molecular flexibility index (Phi) is 5.23. The van der Waals surface area contributed by atoms with Gasteiger partial charge in [0.2, 0.25) is 5.88 Å². The van der Waals surface area contributed by atoms with Gasteiger partial charge in [-0.2, -0.15) is 13.2 Å². The van der Waals surface area contributed by atoms with Gasteiger partial charge in [-0.15, -0.1) is 0 Å². The van der Waals surface area contributed by atoms with Crippen molar-refractivity contribution in [2.24, 2.45) is 0 Å². The number of nitrogens with one attached hydrogen (secondary N) is 1. The average Bonchev–Trinajstić information content (AvgIpc) is 2.99. The van der Waals surface area contributed by atoms with Crippen LogP contribution in [0, 0.1) is 0 Å². The minimum Gasteiger partial charge on any atom is -0.468 e. The fraction of sp³-hybridized carbons (Fsp3) is 0.571. The largest absolute Gasteiger partial charge is 0.468 e. The van der Waals surface area contributed by atoms with E-state index < -0.39 is 12.8 Å². The lowest BCUT2D eigenvalue weighted by Crippen LogP contribution is -2.40. The predicted octanol–water partition coefficient (Wildman–Crippen LogP) is 2.32. The summed E-state index contributed by atoms with van der Waals surface area (Å²) in [5, 5.41) is 2.79. The zero-order valence-corrected chi connectivity index (χ0v) is 12.0. The van der Waals surface area contributed by atoms with Crippen molar-refractivity contribution in [1.29, 1.82) is 0 Å². The highest BCUT2D eigenvalue weighted by molar-refractivity contribution is 5.94. The van der Waals surface area contributed by atoms with Crippen molar-refractivity contribution in [3.8, 4) is 5.88 Å². The van der Waals surface area contributed by atoms with Gasteiger partial charge in [0.1, 0.15) is 0 Å². The molecule has 0 aliphatic carbocycles. The smallest absolute Gasteiger partial charge is 0.422 e. The van der Waals surface area contributed by atoms with Crippen molar-refractivity contribution in [1.82, 2.24) is 10.3 Å². The summed E-state index contributed by atoms with van der Waals surface area (Å²) in [6, 6.07) is 2.46. The van der Waals surface area contributed by atoms with Gasteiger partial charge < -0.3 is 14.8 Å². The number of hydrogen-bond acceptors (Lipinski definition) is 4. The molecule has 2 rings (SSSR count). The molecule has 0 bridgehead atoms. The van der Waals surface area contributed by atoms with Crippen molar-refractivity contribution in [3.05, 3.63) is 23.9 Å². The lowest BCUT2D eigenvalue weighted by molar-refractivity contribution is -0.154. The van der Waals surface area contributed by atoms with Gasteiger partial charge in [-0.25, -0.2) is 4.98 Å². The molecule has 1 aromatic rings. The van der Waals surface area contributed by atoms with Crippen LogP contribution in [0.2, 0.25) is 0 Å². The molecule has 5 nitrogen and oxygen atoms in total. The van der Waals surface area contributed by atoms with Crippen LogP contribution in [0.5, 0.6) is 5.88 Å². The van der Waals surface area contributed by atoms with Crippen LogP contribution in [0.25, 0.3) is 0 Å². The molecule has 1 fully saturated rings. The summed E-state index contributed by atoms with van der Waals surface area (Å²) in [5.41, 5.74) is 0.254. The lowest BCUT2D eigenvalue weighted by Gasteiger charge is -2.19. The summed E-state index contributed by atoms with van der Waals surface area (Å²) in [7, 11) is 0. The van der Waals surface area contributed by atoms with Crippen LogP contribution in [0.3, 0.4) is 0 Å². The molecule has 1 aliphatic rings. The van der Waals surface area contributed by atoms with Crippen LogP contribution >= 0.6 is 0 Å². The number of amides is 1. The number of halogens is 3. The minimum absolute atomic E-state index is 0.00805. The topological polar surface area (TPSA) is 60.5 Å². The van der Waals surface area contributed by atoms with Crippen molar-refractivity contribution in [3.63, 3.8) is 0 Å². The van der Waals surface area contributed by atoms with E-state index in [9.17, 15) is 18.0 Å². The second kappa shape index (κ2) is 6.95. The van der Waals surface area contributed by atoms with Gasteiger partial charge >= 0.3 is 6.18 Å². The molecule has 0 saturated carbocycles. The zero-order valence-electron chi connectivity index (χ0n) is 12.0. The number of rotatable bonds is 5. The Morgan fingerprint density at radius 3 is 2.86 bits per heavy atom. The van der Waals surface area contributed by atoms with E-state index >= 15 is 0 Å². The van der Waals surface area contributed by atoms with Crippen LogP contribution in [0.4, 0.5) is 13.2 Å². The highest BCUT2D eigenvalue weighted by Gasteiger charge is 2.28. The number of ether oxygens (including phenoxy) is 2. The lowest BCUT2D eigenvalue weighted by atomic mass is 10.1. The Bertz CT molecular complexity index is 499. The summed E-state index contributed by atoms with van der Waals surface area (Å²) in [6.07, 6.45) is -1.38. The third-order valence-corrected chi connectivity index (χ3v) is 3.26. The fourth-order valence-electron chi connectivity index (χ4n) is 2.14. The molecule has 0 unspecified atom stereocenters. The third-order valence-electron chi connectivity index (χ3n) is 3.26. The van der Waals surface area contributed by atoms with Crippen LogP contribution in [0.1, 0.15) is 30.1 Å². The van der Waals surface area contributed by atoms with Gasteiger partial charge in [0.15, 0.2) is 6.61 Å². The van der Waals surface area contributed by atoms with Gasteiger partial charge in [0, 0.05) is 18.9 Å². The molecule has 0 radical (unpaired) electrons. The van der Waals surface area contributed by atoms with E-state index in [-0.39, 0.29) is 29.5 Å². The molecule has 2 atom stereocenters. The SMILES string of the molecule is C[C@H](NC(=O)c1ccc(OCC(F)(F)F)nc1)[C@@H]1CCCO1. The second-order valence-corrected chi connectivity index (χ2v) is 5.10. The van der Waals surface area contributed by atoms with Gasteiger partial charge in [0.05, 0.1) is 17.7 Å². The first-order chi connectivity index (χ1) is 10.3. The molecule has 0 spiro atoms. The molecule has 1 amide bonds. The van der Waals surface area contributed by atoms with Crippen molar-refractivity contribution < 1.29 is 27.4 Å². The highest BCUT2D eigenvalue weighted by atomic mass is 19.4. The molecule has 22 heavy (non-hydrogen) atoms. The van der Waals surface area contributed by atoms with Crippen LogP contribution in [-0.2, 0) is 4.74 Å². The van der Waals surface area contributed by atoms with Gasteiger partial charge in [0.25, 0.3) is 5.91 Å². The van der Waals surface area contributed by atoms with E-state index in [1.165, 1.54) is 18.3 Å². The van der Waals surface area contributed by atoms with Crippen LogP contribution in [0.15, 0.2) is 18.3 Å². The Hall–Kier alpha value is -1.83. The molecule has 1 N–H and O–H groups in total. The number of carbonyl (C=O) groups excluding carboxylic acids is 1. The Balaban J connectivity index is 1.87. The number of alkyl halides is 3. The fourth-order valence-corrected chi connectivity index (χ4v) is 2.14. The molecule has 1 saturated heterocycles. The van der Waals surface area contributed by atoms with E-state index in [0.717, 1.165) is 12.8 Å². The maximum atomic E-state index is 12.0. The summed E-state index contributed by atoms with van der Waals surface area (Å²) < 4.78 is 46.0. The third kappa shape index (κ3) is 4.87. The Labute approximate surface area is 125 Å². The quantitative estimate of drug-likeness (QED) is 0.905. The molecule has 0 aromatic carbocycles. The molecule has 122 valence electrons. The molecule has 8 heteroatoms. The normalized spacial score (nSPS) is 19.7. The first kappa shape index (κ1) is 16.5. The van der Waals surface area contributed by atoms with Crippen molar-refractivity contribution in [2.45, 2.75) is 38.1 Å². The monoisotopic (exact) mass is 318 g/mol. The maximum Gasteiger partial charge on any atom is 0.422 e. The van der Waals surface area contributed by atoms with Crippen LogP contribution < -0.4 is 10.1 Å². The average molecular weight is 318 g/mol.